The van der Waals surface area contributed by atoms with E-state index in [0.29, 0.717) is 12.1 Å². The van der Waals surface area contributed by atoms with Crippen LogP contribution in [0.1, 0.15) is 65.2 Å². The van der Waals surface area contributed by atoms with Gasteiger partial charge in [0.25, 0.3) is 0 Å². The highest BCUT2D eigenvalue weighted by Gasteiger charge is 2.36. The van der Waals surface area contributed by atoms with Crippen molar-refractivity contribution in [2.24, 2.45) is 5.73 Å². The van der Waals surface area contributed by atoms with Crippen LogP contribution in [-0.4, -0.2) is 54.1 Å². The molecule has 0 spiro atoms. The number of piperazine rings is 1. The zero-order valence-corrected chi connectivity index (χ0v) is 13.7. The highest BCUT2D eigenvalue weighted by atomic mass is 15.3. The van der Waals surface area contributed by atoms with Gasteiger partial charge in [0.2, 0.25) is 0 Å². The number of nitrogens with zero attached hydrogens (tertiary/aromatic N) is 2. The van der Waals surface area contributed by atoms with Gasteiger partial charge in [0.1, 0.15) is 0 Å². The predicted octanol–water partition coefficient (Wildman–Crippen LogP) is 2.84. The summed E-state index contributed by atoms with van der Waals surface area (Å²) >= 11 is 0. The third kappa shape index (κ3) is 4.19. The van der Waals surface area contributed by atoms with E-state index in [0.717, 1.165) is 12.6 Å². The fraction of sp³-hybridized carbons (Fsp3) is 1.00. The molecule has 2 N–H and O–H groups in total. The number of nitrogens with two attached hydrogens (primary N) is 1. The molecule has 118 valence electrons. The number of fused-ring (bicyclic) bond motifs is 1. The third-order valence-electron chi connectivity index (χ3n) is 5.37. The van der Waals surface area contributed by atoms with Crippen LogP contribution in [-0.2, 0) is 0 Å². The second-order valence-electron chi connectivity index (χ2n) is 6.93. The Hall–Kier alpha value is -0.120. The number of rotatable bonds is 8. The van der Waals surface area contributed by atoms with Crippen molar-refractivity contribution >= 4 is 0 Å². The number of hydrogen-bond donors (Lipinski definition) is 1. The van der Waals surface area contributed by atoms with Gasteiger partial charge in [-0.05, 0) is 32.7 Å². The summed E-state index contributed by atoms with van der Waals surface area (Å²) in [6.45, 7) is 9.37. The molecule has 0 saturated carbocycles. The van der Waals surface area contributed by atoms with Crippen LogP contribution in [0.15, 0.2) is 0 Å². The molecule has 2 rings (SSSR count). The fourth-order valence-corrected chi connectivity index (χ4v) is 4.12. The van der Waals surface area contributed by atoms with E-state index in [4.69, 9.17) is 5.73 Å². The van der Waals surface area contributed by atoms with Crippen LogP contribution in [0.25, 0.3) is 0 Å². The van der Waals surface area contributed by atoms with Crippen LogP contribution in [0, 0.1) is 0 Å². The summed E-state index contributed by atoms with van der Waals surface area (Å²) < 4.78 is 0. The van der Waals surface area contributed by atoms with Gasteiger partial charge in [-0.1, -0.05) is 39.0 Å². The van der Waals surface area contributed by atoms with Crippen LogP contribution in [0.3, 0.4) is 0 Å². The quantitative estimate of drug-likeness (QED) is 0.694. The molecule has 0 bridgehead atoms. The Bertz CT molecular complexity index is 269. The molecule has 0 aromatic heterocycles. The van der Waals surface area contributed by atoms with Crippen LogP contribution < -0.4 is 5.73 Å². The van der Waals surface area contributed by atoms with E-state index >= 15 is 0 Å². The number of hydrogen-bond acceptors (Lipinski definition) is 3. The van der Waals surface area contributed by atoms with Gasteiger partial charge in [-0.25, -0.2) is 0 Å². The second-order valence-corrected chi connectivity index (χ2v) is 6.93. The summed E-state index contributed by atoms with van der Waals surface area (Å²) in [7, 11) is 0. The van der Waals surface area contributed by atoms with Gasteiger partial charge in [0.05, 0.1) is 0 Å². The maximum absolute atomic E-state index is 6.09. The molecule has 3 atom stereocenters. The van der Waals surface area contributed by atoms with E-state index in [2.05, 4.69) is 23.6 Å². The highest BCUT2D eigenvalue weighted by Crippen LogP contribution is 2.27. The first kappa shape index (κ1) is 16.3. The normalized spacial score (nSPS) is 29.6. The van der Waals surface area contributed by atoms with Crippen LogP contribution in [0.4, 0.5) is 0 Å². The van der Waals surface area contributed by atoms with Crippen LogP contribution >= 0.6 is 0 Å². The van der Waals surface area contributed by atoms with Gasteiger partial charge in [-0.15, -0.1) is 0 Å². The van der Waals surface area contributed by atoms with Gasteiger partial charge in [-0.3, -0.25) is 9.80 Å². The van der Waals surface area contributed by atoms with Gasteiger partial charge >= 0.3 is 0 Å². The van der Waals surface area contributed by atoms with Crippen molar-refractivity contribution < 1.29 is 0 Å². The summed E-state index contributed by atoms with van der Waals surface area (Å²) in [4.78, 5) is 5.43. The van der Waals surface area contributed by atoms with E-state index in [9.17, 15) is 0 Å². The third-order valence-corrected chi connectivity index (χ3v) is 5.37. The lowest BCUT2D eigenvalue weighted by atomic mass is 10.0. The molecule has 0 aromatic rings. The molecular weight excluding hydrogens is 246 g/mol. The molecule has 0 aromatic carbocycles. The number of unbranched alkanes of at least 4 members (excludes halogenated alkanes) is 4. The summed E-state index contributed by atoms with van der Waals surface area (Å²) in [6, 6.07) is 2.13. The minimum Gasteiger partial charge on any atom is -0.329 e. The minimum absolute atomic E-state index is 0.620. The minimum atomic E-state index is 0.620. The van der Waals surface area contributed by atoms with E-state index in [1.165, 1.54) is 71.0 Å². The van der Waals surface area contributed by atoms with Crippen molar-refractivity contribution in [3.8, 4) is 0 Å². The van der Waals surface area contributed by atoms with Gasteiger partial charge in [-0.2, -0.15) is 0 Å². The van der Waals surface area contributed by atoms with Crippen LogP contribution in [0.5, 0.6) is 0 Å². The lowest BCUT2D eigenvalue weighted by Gasteiger charge is -2.46. The zero-order valence-electron chi connectivity index (χ0n) is 13.7. The Labute approximate surface area is 125 Å². The first-order chi connectivity index (χ1) is 9.76. The average Bonchev–Trinajstić information content (AvgIpc) is 2.89. The topological polar surface area (TPSA) is 32.5 Å². The standard InChI is InChI=1S/C17H35N3/c1-3-4-5-6-7-9-16(12-18)20-14-17-10-8-11-19(17)13-15(20)2/h15-17H,3-14,18H2,1-2H3. The SMILES string of the molecule is CCCCCCCC(CN)N1CC2CCCN2CC1C. The highest BCUT2D eigenvalue weighted by molar-refractivity contribution is 4.93. The summed E-state index contributed by atoms with van der Waals surface area (Å²) in [5, 5.41) is 0. The molecule has 0 amide bonds. The lowest BCUT2D eigenvalue weighted by Crippen LogP contribution is -2.59. The first-order valence-electron chi connectivity index (χ1n) is 8.96. The fourth-order valence-electron chi connectivity index (χ4n) is 4.12. The van der Waals surface area contributed by atoms with Crippen molar-refractivity contribution in [2.75, 3.05) is 26.2 Å². The smallest absolute Gasteiger partial charge is 0.0224 e. The van der Waals surface area contributed by atoms with E-state index in [1.807, 2.05) is 0 Å². The van der Waals surface area contributed by atoms with Crippen molar-refractivity contribution in [2.45, 2.75) is 83.3 Å². The van der Waals surface area contributed by atoms with Gasteiger partial charge in [0.15, 0.2) is 0 Å². The summed E-state index contributed by atoms with van der Waals surface area (Å²) in [5.74, 6) is 0. The molecule has 0 radical (unpaired) electrons. The Morgan fingerprint density at radius 1 is 1.15 bits per heavy atom. The Balaban J connectivity index is 1.77. The average molecular weight is 281 g/mol. The molecule has 2 aliphatic heterocycles. The molecule has 2 aliphatic rings. The Kier molecular flexibility index (Phi) is 6.79. The molecule has 3 heteroatoms. The van der Waals surface area contributed by atoms with E-state index in [-0.39, 0.29) is 0 Å². The second kappa shape index (κ2) is 8.35. The molecule has 20 heavy (non-hydrogen) atoms. The van der Waals surface area contributed by atoms with E-state index < -0.39 is 0 Å². The zero-order chi connectivity index (χ0) is 14.4. The predicted molar refractivity (Wildman–Crippen MR) is 87.0 cm³/mol. The lowest BCUT2D eigenvalue weighted by molar-refractivity contribution is 0.0269. The van der Waals surface area contributed by atoms with Crippen molar-refractivity contribution in [1.82, 2.24) is 9.80 Å². The molecule has 2 fully saturated rings. The molecule has 3 nitrogen and oxygen atoms in total. The summed E-state index contributed by atoms with van der Waals surface area (Å²) in [6.07, 6.45) is 11.0. The molecule has 2 saturated heterocycles. The van der Waals surface area contributed by atoms with Gasteiger partial charge in [0, 0.05) is 37.8 Å². The van der Waals surface area contributed by atoms with Crippen molar-refractivity contribution in [1.29, 1.82) is 0 Å². The van der Waals surface area contributed by atoms with Gasteiger partial charge < -0.3 is 5.73 Å². The largest absolute Gasteiger partial charge is 0.329 e. The Morgan fingerprint density at radius 2 is 1.95 bits per heavy atom. The molecule has 3 unspecified atom stereocenters. The first-order valence-corrected chi connectivity index (χ1v) is 8.96. The van der Waals surface area contributed by atoms with Crippen LogP contribution in [0.2, 0.25) is 0 Å². The maximum Gasteiger partial charge on any atom is 0.0224 e. The van der Waals surface area contributed by atoms with Crippen molar-refractivity contribution in [3.63, 3.8) is 0 Å². The molecule has 2 heterocycles. The Morgan fingerprint density at radius 3 is 2.70 bits per heavy atom. The maximum atomic E-state index is 6.09. The van der Waals surface area contributed by atoms with Crippen molar-refractivity contribution in [3.05, 3.63) is 0 Å². The van der Waals surface area contributed by atoms with E-state index in [1.54, 1.807) is 0 Å². The molecule has 0 aliphatic carbocycles. The molecular formula is C17H35N3. The monoisotopic (exact) mass is 281 g/mol. The summed E-state index contributed by atoms with van der Waals surface area (Å²) in [5.41, 5.74) is 6.09.